The molecule has 1 aromatic carbocycles. The summed E-state index contributed by atoms with van der Waals surface area (Å²) in [4.78, 5) is 21.5. The fourth-order valence-electron chi connectivity index (χ4n) is 2.46. The summed E-state index contributed by atoms with van der Waals surface area (Å²) in [5.74, 6) is -0.352. The SMILES string of the molecule is COc1ccc(-c2nc(NC(=O)c3cccnc3OCC(F)(F)F)sc2C)cc1. The van der Waals surface area contributed by atoms with Gasteiger partial charge in [-0.3, -0.25) is 10.1 Å². The van der Waals surface area contributed by atoms with Crippen LogP contribution in [-0.4, -0.2) is 35.8 Å². The minimum atomic E-state index is -4.54. The number of hydrogen-bond acceptors (Lipinski definition) is 6. The maximum absolute atomic E-state index is 12.5. The molecule has 0 fully saturated rings. The lowest BCUT2D eigenvalue weighted by atomic mass is 10.1. The van der Waals surface area contributed by atoms with Crippen molar-refractivity contribution in [2.45, 2.75) is 13.1 Å². The highest BCUT2D eigenvalue weighted by Crippen LogP contribution is 2.32. The number of aryl methyl sites for hydroxylation is 1. The van der Waals surface area contributed by atoms with Crippen molar-refractivity contribution < 1.29 is 27.4 Å². The van der Waals surface area contributed by atoms with Crippen molar-refractivity contribution in [3.63, 3.8) is 0 Å². The molecule has 1 N–H and O–H groups in total. The summed E-state index contributed by atoms with van der Waals surface area (Å²) in [6, 6.07) is 10.1. The van der Waals surface area contributed by atoms with Crippen LogP contribution >= 0.6 is 11.3 Å². The van der Waals surface area contributed by atoms with Crippen LogP contribution in [0.1, 0.15) is 15.2 Å². The van der Waals surface area contributed by atoms with E-state index in [1.807, 2.05) is 19.1 Å². The van der Waals surface area contributed by atoms with Crippen LogP contribution in [-0.2, 0) is 0 Å². The first-order valence-electron chi connectivity index (χ1n) is 8.34. The molecule has 0 atom stereocenters. The number of nitrogens with one attached hydrogen (secondary N) is 1. The Morgan fingerprint density at radius 2 is 1.93 bits per heavy atom. The van der Waals surface area contributed by atoms with E-state index in [1.54, 1.807) is 19.2 Å². The van der Waals surface area contributed by atoms with E-state index in [0.29, 0.717) is 16.6 Å². The first kappa shape index (κ1) is 20.6. The molecular formula is C19H16F3N3O3S. The Morgan fingerprint density at radius 1 is 1.21 bits per heavy atom. The number of benzene rings is 1. The van der Waals surface area contributed by atoms with E-state index >= 15 is 0 Å². The number of aromatic nitrogens is 2. The summed E-state index contributed by atoms with van der Waals surface area (Å²) in [6.07, 6.45) is -3.29. The first-order valence-corrected chi connectivity index (χ1v) is 9.16. The van der Waals surface area contributed by atoms with Crippen molar-refractivity contribution in [2.75, 3.05) is 19.0 Å². The molecule has 1 amide bonds. The van der Waals surface area contributed by atoms with E-state index in [0.717, 1.165) is 10.4 Å². The number of halogens is 3. The third kappa shape index (κ3) is 5.23. The normalized spacial score (nSPS) is 11.2. The number of carbonyl (C=O) groups excluding carboxylic acids is 1. The molecule has 0 saturated heterocycles. The molecule has 0 aliphatic rings. The number of rotatable bonds is 6. The smallest absolute Gasteiger partial charge is 0.422 e. The van der Waals surface area contributed by atoms with Gasteiger partial charge >= 0.3 is 6.18 Å². The van der Waals surface area contributed by atoms with Crippen molar-refractivity contribution in [3.05, 3.63) is 53.0 Å². The lowest BCUT2D eigenvalue weighted by molar-refractivity contribution is -0.154. The van der Waals surface area contributed by atoms with Gasteiger partial charge in [0, 0.05) is 16.6 Å². The monoisotopic (exact) mass is 423 g/mol. The van der Waals surface area contributed by atoms with Gasteiger partial charge in [-0.1, -0.05) is 0 Å². The van der Waals surface area contributed by atoms with Crippen LogP contribution in [0.2, 0.25) is 0 Å². The van der Waals surface area contributed by atoms with Crippen LogP contribution in [0.5, 0.6) is 11.6 Å². The average molecular weight is 423 g/mol. The molecular weight excluding hydrogens is 407 g/mol. The molecule has 2 heterocycles. The number of anilines is 1. The fourth-order valence-corrected chi connectivity index (χ4v) is 3.29. The number of ether oxygens (including phenoxy) is 2. The Kier molecular flexibility index (Phi) is 6.02. The van der Waals surface area contributed by atoms with Crippen molar-refractivity contribution in [2.24, 2.45) is 0 Å². The fraction of sp³-hybridized carbons (Fsp3) is 0.211. The third-order valence-electron chi connectivity index (χ3n) is 3.77. The maximum Gasteiger partial charge on any atom is 0.422 e. The molecule has 0 aliphatic heterocycles. The Balaban J connectivity index is 1.78. The maximum atomic E-state index is 12.5. The minimum absolute atomic E-state index is 0.115. The van der Waals surface area contributed by atoms with Crippen LogP contribution < -0.4 is 14.8 Å². The molecule has 0 saturated carbocycles. The average Bonchev–Trinajstić information content (AvgIpc) is 3.06. The van der Waals surface area contributed by atoms with Crippen molar-refractivity contribution >= 4 is 22.4 Å². The number of pyridine rings is 1. The van der Waals surface area contributed by atoms with Crippen LogP contribution in [0, 0.1) is 6.92 Å². The molecule has 29 heavy (non-hydrogen) atoms. The predicted octanol–water partition coefficient (Wildman–Crippen LogP) is 4.72. The van der Waals surface area contributed by atoms with E-state index in [9.17, 15) is 18.0 Å². The third-order valence-corrected chi connectivity index (χ3v) is 4.66. The van der Waals surface area contributed by atoms with E-state index in [1.165, 1.54) is 29.7 Å². The van der Waals surface area contributed by atoms with Gasteiger partial charge in [0.25, 0.3) is 5.91 Å². The van der Waals surface area contributed by atoms with Gasteiger partial charge in [-0.15, -0.1) is 11.3 Å². The second-order valence-corrected chi connectivity index (χ2v) is 7.07. The second kappa shape index (κ2) is 8.48. The number of alkyl halides is 3. The van der Waals surface area contributed by atoms with E-state index < -0.39 is 24.6 Å². The van der Waals surface area contributed by atoms with Crippen molar-refractivity contribution in [1.82, 2.24) is 9.97 Å². The summed E-state index contributed by atoms with van der Waals surface area (Å²) < 4.78 is 47.0. The summed E-state index contributed by atoms with van der Waals surface area (Å²) in [6.45, 7) is 0.317. The largest absolute Gasteiger partial charge is 0.497 e. The standard InChI is InChI=1S/C19H16F3N3O3S/c1-11-15(12-5-7-13(27-2)8-6-12)24-18(29-11)25-16(26)14-4-3-9-23-17(14)28-10-19(20,21)22/h3-9H,10H2,1-2H3,(H,24,25,26). The van der Waals surface area contributed by atoms with Gasteiger partial charge in [-0.2, -0.15) is 13.2 Å². The summed E-state index contributed by atoms with van der Waals surface area (Å²) in [5, 5.41) is 2.90. The zero-order valence-corrected chi connectivity index (χ0v) is 16.2. The lowest BCUT2D eigenvalue weighted by Crippen LogP contribution is -2.21. The van der Waals surface area contributed by atoms with Crippen LogP contribution in [0.3, 0.4) is 0 Å². The van der Waals surface area contributed by atoms with Crippen LogP contribution in [0.15, 0.2) is 42.6 Å². The number of nitrogens with zero attached hydrogens (tertiary/aromatic N) is 2. The van der Waals surface area contributed by atoms with Crippen molar-refractivity contribution in [1.29, 1.82) is 0 Å². The van der Waals surface area contributed by atoms with Gasteiger partial charge in [0.05, 0.1) is 12.8 Å². The number of thiazole rings is 1. The van der Waals surface area contributed by atoms with Gasteiger partial charge < -0.3 is 9.47 Å². The Hall–Kier alpha value is -3.14. The summed E-state index contributed by atoms with van der Waals surface area (Å²) >= 11 is 1.25. The van der Waals surface area contributed by atoms with Gasteiger partial charge in [-0.05, 0) is 43.3 Å². The molecule has 0 bridgehead atoms. The number of carbonyl (C=O) groups is 1. The number of hydrogen-bond donors (Lipinski definition) is 1. The highest BCUT2D eigenvalue weighted by Gasteiger charge is 2.29. The van der Waals surface area contributed by atoms with Gasteiger partial charge in [0.15, 0.2) is 11.7 Å². The predicted molar refractivity (Wildman–Crippen MR) is 103 cm³/mol. The van der Waals surface area contributed by atoms with Gasteiger partial charge in [0.1, 0.15) is 11.3 Å². The first-order chi connectivity index (χ1) is 13.8. The molecule has 10 heteroatoms. The van der Waals surface area contributed by atoms with Crippen molar-refractivity contribution in [3.8, 4) is 22.9 Å². The molecule has 6 nitrogen and oxygen atoms in total. The zero-order valence-electron chi connectivity index (χ0n) is 15.4. The highest BCUT2D eigenvalue weighted by atomic mass is 32.1. The molecule has 0 radical (unpaired) electrons. The Bertz CT molecular complexity index is 1000. The van der Waals surface area contributed by atoms with E-state index in [2.05, 4.69) is 20.0 Å². The van der Waals surface area contributed by atoms with E-state index in [4.69, 9.17) is 4.74 Å². The Morgan fingerprint density at radius 3 is 2.59 bits per heavy atom. The number of amides is 1. The second-order valence-electron chi connectivity index (χ2n) is 5.87. The lowest BCUT2D eigenvalue weighted by Gasteiger charge is -2.11. The van der Waals surface area contributed by atoms with Gasteiger partial charge in [-0.25, -0.2) is 9.97 Å². The molecule has 3 rings (SSSR count). The molecule has 3 aromatic rings. The molecule has 2 aromatic heterocycles. The molecule has 0 spiro atoms. The summed E-state index contributed by atoms with van der Waals surface area (Å²) in [5.41, 5.74) is 1.42. The quantitative estimate of drug-likeness (QED) is 0.621. The highest BCUT2D eigenvalue weighted by molar-refractivity contribution is 7.16. The van der Waals surface area contributed by atoms with Crippen LogP contribution in [0.25, 0.3) is 11.3 Å². The van der Waals surface area contributed by atoms with Gasteiger partial charge in [0.2, 0.25) is 5.88 Å². The molecule has 0 aliphatic carbocycles. The summed E-state index contributed by atoms with van der Waals surface area (Å²) in [7, 11) is 1.57. The number of methoxy groups -OCH3 is 1. The minimum Gasteiger partial charge on any atom is -0.497 e. The zero-order chi connectivity index (χ0) is 21.0. The van der Waals surface area contributed by atoms with Crippen LogP contribution in [0.4, 0.5) is 18.3 Å². The molecule has 152 valence electrons. The topological polar surface area (TPSA) is 73.3 Å². The van der Waals surface area contributed by atoms with E-state index in [-0.39, 0.29) is 5.56 Å². The Labute approximate surface area is 168 Å². The molecule has 0 unspecified atom stereocenters.